The molecular weight excluding hydrogens is 320 g/mol. The average Bonchev–Trinajstić information content (AvgIpc) is 3.26. The normalized spacial score (nSPS) is 11.2. The summed E-state index contributed by atoms with van der Waals surface area (Å²) >= 11 is 0. The molecule has 0 spiro atoms. The lowest BCUT2D eigenvalue weighted by Crippen LogP contribution is -2.13. The van der Waals surface area contributed by atoms with Crippen LogP contribution in [0, 0.1) is 0 Å². The summed E-state index contributed by atoms with van der Waals surface area (Å²) in [7, 11) is 1.68. The van der Waals surface area contributed by atoms with Crippen LogP contribution in [0.2, 0.25) is 0 Å². The minimum atomic E-state index is -0.213. The molecule has 3 aromatic heterocycles. The summed E-state index contributed by atoms with van der Waals surface area (Å²) in [5, 5.41) is 15.2. The molecule has 0 radical (unpaired) electrons. The highest BCUT2D eigenvalue weighted by Crippen LogP contribution is 2.25. The largest absolute Gasteiger partial charge is 0.383 e. The van der Waals surface area contributed by atoms with E-state index >= 15 is 0 Å². The zero-order valence-electron chi connectivity index (χ0n) is 13.6. The van der Waals surface area contributed by atoms with Crippen LogP contribution in [0.5, 0.6) is 0 Å². The van der Waals surface area contributed by atoms with E-state index in [2.05, 4.69) is 25.4 Å². The first-order chi connectivity index (χ1) is 12.3. The summed E-state index contributed by atoms with van der Waals surface area (Å²) in [5.74, 6) is -0.213. The molecule has 1 aromatic carbocycles. The zero-order valence-corrected chi connectivity index (χ0v) is 13.6. The van der Waals surface area contributed by atoms with Crippen LogP contribution >= 0.6 is 0 Å². The highest BCUT2D eigenvalue weighted by Gasteiger charge is 2.11. The van der Waals surface area contributed by atoms with E-state index in [1.807, 2.05) is 30.5 Å². The molecule has 0 aliphatic heterocycles. The summed E-state index contributed by atoms with van der Waals surface area (Å²) in [6, 6.07) is 11.2. The zero-order chi connectivity index (χ0) is 17.2. The Morgan fingerprint density at radius 2 is 2.16 bits per heavy atom. The molecule has 0 saturated heterocycles. The maximum Gasteiger partial charge on any atom is 0.257 e. The number of aromatic nitrogens is 5. The molecule has 0 aliphatic carbocycles. The molecule has 8 nitrogen and oxygen atoms in total. The van der Waals surface area contributed by atoms with E-state index in [-0.39, 0.29) is 5.91 Å². The van der Waals surface area contributed by atoms with Gasteiger partial charge in [-0.15, -0.1) is 5.10 Å². The summed E-state index contributed by atoms with van der Waals surface area (Å²) in [4.78, 5) is 12.6. The number of carbonyl (C=O) groups excluding carboxylic acids is 1. The number of nitrogens with one attached hydrogen (secondary N) is 1. The number of hydrogen-bond donors (Lipinski definition) is 1. The van der Waals surface area contributed by atoms with Crippen molar-refractivity contribution in [3.63, 3.8) is 0 Å². The smallest absolute Gasteiger partial charge is 0.257 e. The molecule has 0 bridgehead atoms. The average molecular weight is 336 g/mol. The Morgan fingerprint density at radius 3 is 3.04 bits per heavy atom. The highest BCUT2D eigenvalue weighted by molar-refractivity contribution is 6.08. The fourth-order valence-corrected chi connectivity index (χ4v) is 2.79. The Bertz CT molecular complexity index is 1050. The van der Waals surface area contributed by atoms with Gasteiger partial charge < -0.3 is 14.6 Å². The van der Waals surface area contributed by atoms with Gasteiger partial charge in [0, 0.05) is 31.4 Å². The number of benzene rings is 1. The Balaban J connectivity index is 1.63. The van der Waals surface area contributed by atoms with Crippen LogP contribution in [0.4, 0.5) is 5.69 Å². The number of nitrogens with zero attached hydrogens (tertiary/aromatic N) is 5. The van der Waals surface area contributed by atoms with E-state index in [1.165, 1.54) is 4.52 Å². The van der Waals surface area contributed by atoms with Gasteiger partial charge in [0.1, 0.15) is 0 Å². The second-order valence-electron chi connectivity index (χ2n) is 5.59. The van der Waals surface area contributed by atoms with Gasteiger partial charge in [0.25, 0.3) is 5.91 Å². The summed E-state index contributed by atoms with van der Waals surface area (Å²) in [6.45, 7) is 1.39. The number of hydrogen-bond acceptors (Lipinski definition) is 5. The van der Waals surface area contributed by atoms with Crippen LogP contribution in [-0.4, -0.2) is 44.2 Å². The van der Waals surface area contributed by atoms with Crippen LogP contribution < -0.4 is 5.32 Å². The third-order valence-corrected chi connectivity index (χ3v) is 4.05. The molecule has 1 amide bonds. The van der Waals surface area contributed by atoms with Gasteiger partial charge in [0.15, 0.2) is 5.65 Å². The number of ether oxygens (including phenoxy) is 1. The van der Waals surface area contributed by atoms with Crippen molar-refractivity contribution in [2.75, 3.05) is 19.0 Å². The van der Waals surface area contributed by atoms with Gasteiger partial charge in [0.05, 0.1) is 23.4 Å². The first kappa shape index (κ1) is 15.3. The number of fused-ring (bicyclic) bond motifs is 2. The molecular formula is C17H16N6O2. The lowest BCUT2D eigenvalue weighted by Gasteiger charge is -2.08. The predicted molar refractivity (Wildman–Crippen MR) is 92.5 cm³/mol. The second kappa shape index (κ2) is 6.33. The van der Waals surface area contributed by atoms with Crippen molar-refractivity contribution in [3.8, 4) is 0 Å². The van der Waals surface area contributed by atoms with E-state index in [1.54, 1.807) is 25.4 Å². The van der Waals surface area contributed by atoms with Gasteiger partial charge >= 0.3 is 0 Å². The van der Waals surface area contributed by atoms with E-state index in [9.17, 15) is 4.79 Å². The molecule has 3 heterocycles. The molecule has 1 N–H and O–H groups in total. The van der Waals surface area contributed by atoms with Gasteiger partial charge in [-0.1, -0.05) is 6.07 Å². The van der Waals surface area contributed by atoms with E-state index in [4.69, 9.17) is 4.74 Å². The van der Waals surface area contributed by atoms with Gasteiger partial charge in [-0.2, -0.15) is 4.52 Å². The van der Waals surface area contributed by atoms with Gasteiger partial charge in [-0.25, -0.2) is 0 Å². The first-order valence-corrected chi connectivity index (χ1v) is 7.82. The molecule has 25 heavy (non-hydrogen) atoms. The minimum Gasteiger partial charge on any atom is -0.383 e. The molecule has 0 fully saturated rings. The Labute approximate surface area is 143 Å². The quantitative estimate of drug-likeness (QED) is 0.602. The van der Waals surface area contributed by atoms with Crippen molar-refractivity contribution in [2.24, 2.45) is 0 Å². The topological polar surface area (TPSA) is 86.3 Å². The number of rotatable bonds is 5. The van der Waals surface area contributed by atoms with E-state index in [0.717, 1.165) is 23.1 Å². The van der Waals surface area contributed by atoms with Crippen molar-refractivity contribution in [2.45, 2.75) is 6.54 Å². The van der Waals surface area contributed by atoms with Crippen molar-refractivity contribution in [3.05, 3.63) is 54.4 Å². The molecule has 0 unspecified atom stereocenters. The third kappa shape index (κ3) is 2.83. The molecule has 0 saturated carbocycles. The second-order valence-corrected chi connectivity index (χ2v) is 5.59. The highest BCUT2D eigenvalue weighted by atomic mass is 16.5. The molecule has 0 aliphatic rings. The lowest BCUT2D eigenvalue weighted by molar-refractivity contribution is 0.102. The number of methoxy groups -OCH3 is 1. The standard InChI is InChI=1S/C17H16N6O2/c1-25-10-9-22-8-7-13-14(3-2-4-15(13)22)18-17(24)12-5-6-16-19-20-21-23(16)11-12/h2-8,11H,9-10H2,1H3,(H,18,24). The predicted octanol–water partition coefficient (Wildman–Crippen LogP) is 1.98. The van der Waals surface area contributed by atoms with Gasteiger partial charge in [0.2, 0.25) is 0 Å². The van der Waals surface area contributed by atoms with Crippen LogP contribution in [-0.2, 0) is 11.3 Å². The maximum absolute atomic E-state index is 12.6. The number of pyridine rings is 1. The van der Waals surface area contributed by atoms with Crippen molar-refractivity contribution >= 4 is 28.1 Å². The van der Waals surface area contributed by atoms with Crippen LogP contribution in [0.15, 0.2) is 48.8 Å². The van der Waals surface area contributed by atoms with Crippen molar-refractivity contribution < 1.29 is 9.53 Å². The SMILES string of the molecule is COCCn1ccc2c(NC(=O)c3ccc4nnnn4c3)cccc21. The lowest BCUT2D eigenvalue weighted by atomic mass is 10.2. The molecule has 8 heteroatoms. The summed E-state index contributed by atoms with van der Waals surface area (Å²) in [5.41, 5.74) is 2.88. The number of carbonyl (C=O) groups is 1. The van der Waals surface area contributed by atoms with Gasteiger partial charge in [-0.3, -0.25) is 4.79 Å². The van der Waals surface area contributed by atoms with Gasteiger partial charge in [-0.05, 0) is 40.8 Å². The monoisotopic (exact) mass is 336 g/mol. The Kier molecular flexibility index (Phi) is 3.87. The Hall–Kier alpha value is -3.26. The third-order valence-electron chi connectivity index (χ3n) is 4.05. The summed E-state index contributed by atoms with van der Waals surface area (Å²) < 4.78 is 8.70. The van der Waals surface area contributed by atoms with E-state index in [0.29, 0.717) is 17.8 Å². The van der Waals surface area contributed by atoms with Crippen LogP contribution in [0.25, 0.3) is 16.6 Å². The molecule has 0 atom stereocenters. The summed E-state index contributed by atoms with van der Waals surface area (Å²) in [6.07, 6.45) is 3.60. The van der Waals surface area contributed by atoms with Crippen molar-refractivity contribution in [1.82, 2.24) is 24.6 Å². The molecule has 4 aromatic rings. The minimum absolute atomic E-state index is 0.213. The van der Waals surface area contributed by atoms with Crippen LogP contribution in [0.1, 0.15) is 10.4 Å². The fraction of sp³-hybridized carbons (Fsp3) is 0.176. The maximum atomic E-state index is 12.6. The molecule has 126 valence electrons. The first-order valence-electron chi connectivity index (χ1n) is 7.82. The van der Waals surface area contributed by atoms with Crippen LogP contribution in [0.3, 0.4) is 0 Å². The number of tetrazole rings is 1. The molecule has 4 rings (SSSR count). The number of amides is 1. The fourth-order valence-electron chi connectivity index (χ4n) is 2.79. The van der Waals surface area contributed by atoms with E-state index < -0.39 is 0 Å². The van der Waals surface area contributed by atoms with Crippen molar-refractivity contribution in [1.29, 1.82) is 0 Å². The number of anilines is 1. The Morgan fingerprint density at radius 1 is 1.24 bits per heavy atom.